The van der Waals surface area contributed by atoms with Crippen LogP contribution in [0.5, 0.6) is 0 Å². The maximum atomic E-state index is 14.1. The second kappa shape index (κ2) is 11.7. The first kappa shape index (κ1) is 26.0. The van der Waals surface area contributed by atoms with Crippen molar-refractivity contribution < 1.29 is 28.6 Å². The summed E-state index contributed by atoms with van der Waals surface area (Å²) < 4.78 is 28.3. The Morgan fingerprint density at radius 2 is 1.94 bits per heavy atom. The highest BCUT2D eigenvalue weighted by Gasteiger charge is 2.52. The number of rotatable bonds is 12. The Kier molecular flexibility index (Phi) is 8.97. The second-order valence-electron chi connectivity index (χ2n) is 8.88. The number of halogens is 2. The van der Waals surface area contributed by atoms with Gasteiger partial charge < -0.3 is 15.1 Å². The van der Waals surface area contributed by atoms with E-state index in [0.717, 1.165) is 35.5 Å². The summed E-state index contributed by atoms with van der Waals surface area (Å²) in [7, 11) is 0. The summed E-state index contributed by atoms with van der Waals surface area (Å²) in [6, 6.07) is 12.5. The van der Waals surface area contributed by atoms with Gasteiger partial charge in [0.1, 0.15) is 4.88 Å². The highest BCUT2D eigenvalue weighted by atomic mass is 32.1. The molecule has 1 aromatic carbocycles. The van der Waals surface area contributed by atoms with Crippen LogP contribution in [-0.2, 0) is 17.6 Å². The number of aryl methyl sites for hydroxylation is 2. The van der Waals surface area contributed by atoms with Crippen LogP contribution in [0.1, 0.15) is 52.7 Å². The van der Waals surface area contributed by atoms with E-state index in [2.05, 4.69) is 12.1 Å². The fourth-order valence-electron chi connectivity index (χ4n) is 4.19. The van der Waals surface area contributed by atoms with Gasteiger partial charge in [0.05, 0.1) is 12.1 Å². The Bertz CT molecular complexity index is 992. The van der Waals surface area contributed by atoms with Gasteiger partial charge in [-0.1, -0.05) is 49.4 Å². The molecule has 0 radical (unpaired) electrons. The Morgan fingerprint density at radius 1 is 1.21 bits per heavy atom. The Morgan fingerprint density at radius 3 is 2.62 bits per heavy atom. The van der Waals surface area contributed by atoms with Crippen LogP contribution >= 0.6 is 11.3 Å². The van der Waals surface area contributed by atoms with E-state index in [9.17, 15) is 23.5 Å². The smallest absolute Gasteiger partial charge is 0.345 e. The first-order valence-electron chi connectivity index (χ1n) is 11.6. The molecule has 34 heavy (non-hydrogen) atoms. The molecule has 3 atom stereocenters. The number of likely N-dealkylation sites (tertiary alicyclic amines) is 1. The molecule has 1 amide bonds. The standard InChI is InChI=1S/C26H31F2NO4S/c1-18(7-5-10-19-8-3-2-4-9-19)22(30)14-12-20-17-26(27,28)25(33)29(20)16-6-11-21-13-15-23(34-21)24(31)32/h2-4,8-9,12-15,18,20,22,30H,5-7,10-11,16-17H2,1H3,(H,31,32)/t18-,20?,22+/m1/s1. The van der Waals surface area contributed by atoms with Gasteiger partial charge in [0.2, 0.25) is 0 Å². The molecule has 1 unspecified atom stereocenters. The fourth-order valence-corrected chi connectivity index (χ4v) is 5.07. The predicted molar refractivity (Wildman–Crippen MR) is 128 cm³/mol. The lowest BCUT2D eigenvalue weighted by molar-refractivity contribution is -0.148. The average Bonchev–Trinajstić information content (AvgIpc) is 3.36. The summed E-state index contributed by atoms with van der Waals surface area (Å²) >= 11 is 1.15. The number of amides is 1. The van der Waals surface area contributed by atoms with Crippen LogP contribution in [0, 0.1) is 5.92 Å². The number of hydrogen-bond donors (Lipinski definition) is 2. The Hall–Kier alpha value is -2.58. The van der Waals surface area contributed by atoms with Crippen molar-refractivity contribution in [3.63, 3.8) is 0 Å². The van der Waals surface area contributed by atoms with Gasteiger partial charge in [-0.25, -0.2) is 4.79 Å². The number of alkyl halides is 2. The molecule has 0 aliphatic carbocycles. The molecule has 0 saturated carbocycles. The molecule has 184 valence electrons. The first-order valence-corrected chi connectivity index (χ1v) is 12.4. The van der Waals surface area contributed by atoms with Crippen molar-refractivity contribution in [2.45, 2.75) is 63.5 Å². The molecule has 0 bridgehead atoms. The van der Waals surface area contributed by atoms with Crippen molar-refractivity contribution in [2.75, 3.05) is 6.54 Å². The SMILES string of the molecule is C[C@H](CCCc1ccccc1)[C@@H](O)C=CC1CC(F)(F)C(=O)N1CCCc1ccc(C(=O)O)s1. The molecule has 5 nitrogen and oxygen atoms in total. The van der Waals surface area contributed by atoms with E-state index in [-0.39, 0.29) is 17.3 Å². The highest BCUT2D eigenvalue weighted by molar-refractivity contribution is 7.13. The van der Waals surface area contributed by atoms with E-state index in [4.69, 9.17) is 5.11 Å². The lowest BCUT2D eigenvalue weighted by Gasteiger charge is -2.22. The summed E-state index contributed by atoms with van der Waals surface area (Å²) in [6.45, 7) is 2.07. The number of benzene rings is 1. The number of carboxylic acids is 1. The molecule has 2 heterocycles. The van der Waals surface area contributed by atoms with E-state index >= 15 is 0 Å². The molecule has 1 aliphatic rings. The van der Waals surface area contributed by atoms with Gasteiger partial charge >= 0.3 is 11.9 Å². The van der Waals surface area contributed by atoms with Gasteiger partial charge in [-0.05, 0) is 55.7 Å². The maximum Gasteiger partial charge on any atom is 0.345 e. The van der Waals surface area contributed by atoms with Gasteiger partial charge in [0, 0.05) is 17.8 Å². The average molecular weight is 492 g/mol. The van der Waals surface area contributed by atoms with Gasteiger partial charge in [0.25, 0.3) is 5.91 Å². The van der Waals surface area contributed by atoms with Gasteiger partial charge in [0.15, 0.2) is 0 Å². The van der Waals surface area contributed by atoms with E-state index in [1.165, 1.54) is 28.7 Å². The minimum absolute atomic E-state index is 0.0340. The molecule has 2 aromatic rings. The summed E-state index contributed by atoms with van der Waals surface area (Å²) in [5.41, 5.74) is 1.24. The molecular formula is C26H31F2NO4S. The normalized spacial score (nSPS) is 19.6. The number of aliphatic hydroxyl groups is 1. The predicted octanol–water partition coefficient (Wildman–Crippen LogP) is 5.19. The van der Waals surface area contributed by atoms with Crippen LogP contribution in [0.3, 0.4) is 0 Å². The number of carbonyl (C=O) groups excluding carboxylic acids is 1. The second-order valence-corrected chi connectivity index (χ2v) is 10.0. The van der Waals surface area contributed by atoms with Crippen LogP contribution in [-0.4, -0.2) is 51.6 Å². The van der Waals surface area contributed by atoms with Crippen molar-refractivity contribution in [1.82, 2.24) is 4.90 Å². The zero-order chi connectivity index (χ0) is 24.7. The van der Waals surface area contributed by atoms with Crippen LogP contribution in [0.25, 0.3) is 0 Å². The number of aromatic carboxylic acids is 1. The van der Waals surface area contributed by atoms with Crippen LogP contribution in [0.4, 0.5) is 8.78 Å². The fraction of sp³-hybridized carbons (Fsp3) is 0.462. The number of aliphatic hydroxyl groups excluding tert-OH is 1. The van der Waals surface area contributed by atoms with Gasteiger partial charge in [-0.3, -0.25) is 4.79 Å². The molecule has 1 aliphatic heterocycles. The third-order valence-electron chi connectivity index (χ3n) is 6.22. The zero-order valence-electron chi connectivity index (χ0n) is 19.2. The molecule has 2 N–H and O–H groups in total. The van der Waals surface area contributed by atoms with Crippen molar-refractivity contribution in [1.29, 1.82) is 0 Å². The minimum Gasteiger partial charge on any atom is -0.477 e. The topological polar surface area (TPSA) is 77.8 Å². The largest absolute Gasteiger partial charge is 0.477 e. The number of nitrogens with zero attached hydrogens (tertiary/aromatic N) is 1. The third kappa shape index (κ3) is 6.96. The number of hydrogen-bond acceptors (Lipinski definition) is 4. The summed E-state index contributed by atoms with van der Waals surface area (Å²) in [5, 5.41) is 19.5. The molecule has 1 saturated heterocycles. The summed E-state index contributed by atoms with van der Waals surface area (Å²) in [5.74, 6) is -5.64. The van der Waals surface area contributed by atoms with E-state index < -0.39 is 36.4 Å². The quantitative estimate of drug-likeness (QED) is 0.401. The van der Waals surface area contributed by atoms with Crippen molar-refractivity contribution in [3.8, 4) is 0 Å². The van der Waals surface area contributed by atoms with Crippen molar-refractivity contribution in [3.05, 3.63) is 69.9 Å². The number of thiophene rings is 1. The highest BCUT2D eigenvalue weighted by Crippen LogP contribution is 2.34. The maximum absolute atomic E-state index is 14.1. The lowest BCUT2D eigenvalue weighted by atomic mass is 9.95. The minimum atomic E-state index is -3.42. The third-order valence-corrected chi connectivity index (χ3v) is 7.35. The molecule has 8 heteroatoms. The van der Waals surface area contributed by atoms with E-state index in [1.807, 2.05) is 25.1 Å². The molecule has 1 fully saturated rings. The monoisotopic (exact) mass is 491 g/mol. The Balaban J connectivity index is 1.51. The lowest BCUT2D eigenvalue weighted by Crippen LogP contribution is -2.36. The zero-order valence-corrected chi connectivity index (χ0v) is 20.0. The molecule has 0 spiro atoms. The number of carbonyl (C=O) groups is 2. The van der Waals surface area contributed by atoms with Crippen LogP contribution in [0.2, 0.25) is 0 Å². The summed E-state index contributed by atoms with van der Waals surface area (Å²) in [6.07, 6.45) is 5.27. The molecule has 3 rings (SSSR count). The van der Waals surface area contributed by atoms with Gasteiger partial charge in [-0.2, -0.15) is 8.78 Å². The van der Waals surface area contributed by atoms with Crippen LogP contribution in [0.15, 0.2) is 54.6 Å². The van der Waals surface area contributed by atoms with Gasteiger partial charge in [-0.15, -0.1) is 11.3 Å². The first-order chi connectivity index (χ1) is 16.2. The van der Waals surface area contributed by atoms with E-state index in [0.29, 0.717) is 12.8 Å². The summed E-state index contributed by atoms with van der Waals surface area (Å²) in [4.78, 5) is 25.5. The van der Waals surface area contributed by atoms with Crippen molar-refractivity contribution in [2.24, 2.45) is 5.92 Å². The van der Waals surface area contributed by atoms with Crippen molar-refractivity contribution >= 4 is 23.2 Å². The molecular weight excluding hydrogens is 460 g/mol. The van der Waals surface area contributed by atoms with E-state index in [1.54, 1.807) is 6.07 Å². The molecule has 1 aromatic heterocycles. The number of carboxylic acid groups (broad SMARTS) is 1. The Labute approximate surface area is 202 Å². The van der Waals surface area contributed by atoms with Crippen LogP contribution < -0.4 is 0 Å².